The minimum atomic E-state index is 0. The molecule has 1 aromatic carbocycles. The van der Waals surface area contributed by atoms with Crippen LogP contribution in [0.1, 0.15) is 35.2 Å². The molecule has 0 radical (unpaired) electrons. The highest BCUT2D eigenvalue weighted by atomic mass is 127. The lowest BCUT2D eigenvalue weighted by Crippen LogP contribution is -2.38. The van der Waals surface area contributed by atoms with Crippen LogP contribution >= 0.6 is 35.3 Å². The lowest BCUT2D eigenvalue weighted by atomic mass is 10.1. The van der Waals surface area contributed by atoms with Gasteiger partial charge in [0, 0.05) is 44.5 Å². The van der Waals surface area contributed by atoms with Crippen molar-refractivity contribution >= 4 is 41.3 Å². The van der Waals surface area contributed by atoms with Crippen molar-refractivity contribution in [1.29, 1.82) is 0 Å². The van der Waals surface area contributed by atoms with E-state index in [1.807, 2.05) is 6.92 Å². The number of hydrogen-bond acceptors (Lipinski definition) is 5. The molecule has 1 aromatic heterocycles. The van der Waals surface area contributed by atoms with Gasteiger partial charge in [0.15, 0.2) is 5.96 Å². The number of likely N-dealkylation sites (N-methyl/N-ethyl adjacent to an activating group) is 1. The minimum absolute atomic E-state index is 0. The van der Waals surface area contributed by atoms with Gasteiger partial charge in [-0.05, 0) is 51.5 Å². The number of nitrogens with one attached hydrogen (secondary N) is 2. The van der Waals surface area contributed by atoms with E-state index in [2.05, 4.69) is 69.0 Å². The van der Waals surface area contributed by atoms with E-state index in [0.717, 1.165) is 55.8 Å². The fourth-order valence-electron chi connectivity index (χ4n) is 3.61. The maximum atomic E-state index is 4.75. The van der Waals surface area contributed by atoms with Gasteiger partial charge in [-0.25, -0.2) is 9.98 Å². The number of hydrogen-bond donors (Lipinski definition) is 2. The molecule has 0 saturated carbocycles. The van der Waals surface area contributed by atoms with Gasteiger partial charge >= 0.3 is 0 Å². The number of guanidine groups is 1. The van der Waals surface area contributed by atoms with E-state index in [-0.39, 0.29) is 24.0 Å². The zero-order valence-corrected chi connectivity index (χ0v) is 22.2. The van der Waals surface area contributed by atoms with Crippen LogP contribution in [0.15, 0.2) is 34.6 Å². The summed E-state index contributed by atoms with van der Waals surface area (Å²) in [6, 6.07) is 8.93. The van der Waals surface area contributed by atoms with Crippen LogP contribution in [0.4, 0.5) is 0 Å². The third-order valence-corrected chi connectivity index (χ3v) is 6.17. The lowest BCUT2D eigenvalue weighted by Gasteiger charge is -2.20. The summed E-state index contributed by atoms with van der Waals surface area (Å²) in [7, 11) is 2.22. The van der Waals surface area contributed by atoms with Crippen molar-refractivity contribution in [2.24, 2.45) is 4.99 Å². The van der Waals surface area contributed by atoms with Crippen molar-refractivity contribution in [2.45, 2.75) is 39.8 Å². The Morgan fingerprint density at radius 1 is 1.10 bits per heavy atom. The second kappa shape index (κ2) is 14.0. The molecule has 0 atom stereocenters. The van der Waals surface area contributed by atoms with E-state index in [1.54, 1.807) is 11.3 Å². The van der Waals surface area contributed by atoms with Gasteiger partial charge < -0.3 is 15.5 Å². The zero-order valence-electron chi connectivity index (χ0n) is 19.1. The summed E-state index contributed by atoms with van der Waals surface area (Å²) in [6.07, 6.45) is 2.17. The van der Waals surface area contributed by atoms with Crippen LogP contribution in [0.25, 0.3) is 0 Å². The van der Waals surface area contributed by atoms with Gasteiger partial charge in [-0.1, -0.05) is 24.3 Å². The molecule has 0 aliphatic carbocycles. The third kappa shape index (κ3) is 9.43. The van der Waals surface area contributed by atoms with Gasteiger partial charge in [0.2, 0.25) is 0 Å². The Hall–Kier alpha value is -1.23. The molecule has 0 spiro atoms. The molecular weight excluding hydrogens is 519 g/mol. The Kier molecular flexibility index (Phi) is 11.8. The fourth-order valence-corrected chi connectivity index (χ4v) is 4.26. The van der Waals surface area contributed by atoms with Crippen LogP contribution < -0.4 is 10.6 Å². The Balaban J connectivity index is 0.00000341. The summed E-state index contributed by atoms with van der Waals surface area (Å²) in [5.74, 6) is 0.863. The van der Waals surface area contributed by atoms with Crippen molar-refractivity contribution in [2.75, 3.05) is 46.3 Å². The van der Waals surface area contributed by atoms with Crippen molar-refractivity contribution in [1.82, 2.24) is 25.4 Å². The number of benzene rings is 1. The maximum absolute atomic E-state index is 4.75. The summed E-state index contributed by atoms with van der Waals surface area (Å²) in [4.78, 5) is 14.3. The average Bonchev–Trinajstić information content (AvgIpc) is 3.04. The highest BCUT2D eigenvalue weighted by Gasteiger charge is 2.12. The van der Waals surface area contributed by atoms with Crippen LogP contribution in [0.2, 0.25) is 0 Å². The molecule has 1 fully saturated rings. The summed E-state index contributed by atoms with van der Waals surface area (Å²) < 4.78 is 0. The van der Waals surface area contributed by atoms with Crippen LogP contribution in [0, 0.1) is 6.92 Å². The minimum Gasteiger partial charge on any atom is -0.357 e. The van der Waals surface area contributed by atoms with Crippen molar-refractivity contribution in [3.05, 3.63) is 51.5 Å². The van der Waals surface area contributed by atoms with Crippen LogP contribution in [-0.4, -0.2) is 67.1 Å². The first-order valence-electron chi connectivity index (χ1n) is 11.0. The molecule has 1 aliphatic heterocycles. The number of rotatable bonds is 8. The molecule has 172 valence electrons. The summed E-state index contributed by atoms with van der Waals surface area (Å²) in [6.45, 7) is 12.3. The van der Waals surface area contributed by atoms with Gasteiger partial charge in [-0.3, -0.25) is 4.90 Å². The summed E-state index contributed by atoms with van der Waals surface area (Å²) >= 11 is 1.70. The van der Waals surface area contributed by atoms with Crippen LogP contribution in [0.3, 0.4) is 0 Å². The second-order valence-corrected chi connectivity index (χ2v) is 9.04. The molecule has 1 aliphatic rings. The molecule has 0 bridgehead atoms. The van der Waals surface area contributed by atoms with Gasteiger partial charge in [0.25, 0.3) is 0 Å². The van der Waals surface area contributed by atoms with E-state index in [9.17, 15) is 0 Å². The Morgan fingerprint density at radius 3 is 2.58 bits per heavy atom. The molecule has 1 saturated heterocycles. The SMILES string of the molecule is CCNC(=NCc1ccc(CN2CCCN(C)CC2)cc1)NCCc1csc(C)n1.I. The van der Waals surface area contributed by atoms with Crippen molar-refractivity contribution < 1.29 is 0 Å². The number of aryl methyl sites for hydroxylation is 1. The van der Waals surface area contributed by atoms with Gasteiger partial charge in [-0.2, -0.15) is 0 Å². The fraction of sp³-hybridized carbons (Fsp3) is 0.565. The van der Waals surface area contributed by atoms with E-state index < -0.39 is 0 Å². The molecule has 2 N–H and O–H groups in total. The molecule has 0 amide bonds. The Labute approximate surface area is 208 Å². The molecule has 31 heavy (non-hydrogen) atoms. The Morgan fingerprint density at radius 2 is 1.87 bits per heavy atom. The lowest BCUT2D eigenvalue weighted by molar-refractivity contribution is 0.269. The van der Waals surface area contributed by atoms with Crippen molar-refractivity contribution in [3.63, 3.8) is 0 Å². The molecule has 0 unspecified atom stereocenters. The number of aromatic nitrogens is 1. The molecular formula is C23H37IN6S. The highest BCUT2D eigenvalue weighted by Crippen LogP contribution is 2.11. The van der Waals surface area contributed by atoms with Gasteiger partial charge in [0.1, 0.15) is 0 Å². The molecule has 2 heterocycles. The number of aliphatic imine (C=N–C) groups is 1. The maximum Gasteiger partial charge on any atom is 0.191 e. The molecule has 3 rings (SSSR count). The van der Waals surface area contributed by atoms with E-state index >= 15 is 0 Å². The largest absolute Gasteiger partial charge is 0.357 e. The molecule has 6 nitrogen and oxygen atoms in total. The van der Waals surface area contributed by atoms with Gasteiger partial charge in [0.05, 0.1) is 17.2 Å². The first-order valence-corrected chi connectivity index (χ1v) is 11.9. The first kappa shape index (κ1) is 26.0. The normalized spacial score (nSPS) is 15.9. The molecule has 2 aromatic rings. The number of thiazole rings is 1. The van der Waals surface area contributed by atoms with Crippen LogP contribution in [0.5, 0.6) is 0 Å². The van der Waals surface area contributed by atoms with E-state index in [0.29, 0.717) is 6.54 Å². The van der Waals surface area contributed by atoms with Gasteiger partial charge in [-0.15, -0.1) is 35.3 Å². The van der Waals surface area contributed by atoms with E-state index in [4.69, 9.17) is 4.99 Å². The number of nitrogens with zero attached hydrogens (tertiary/aromatic N) is 4. The third-order valence-electron chi connectivity index (χ3n) is 5.35. The standard InChI is InChI=1S/C23H36N6S.HI/c1-4-24-23(25-11-10-22-18-30-19(2)27-22)26-16-20-6-8-21(9-7-20)17-29-13-5-12-28(3)14-15-29;/h6-9,18H,4-5,10-17H2,1-3H3,(H2,24,25,26);1H. The predicted octanol–water partition coefficient (Wildman–Crippen LogP) is 3.50. The first-order chi connectivity index (χ1) is 14.6. The zero-order chi connectivity index (χ0) is 21.2. The van der Waals surface area contributed by atoms with E-state index in [1.165, 1.54) is 30.6 Å². The Bertz CT molecular complexity index is 792. The summed E-state index contributed by atoms with van der Waals surface area (Å²) in [5.41, 5.74) is 3.77. The second-order valence-electron chi connectivity index (χ2n) is 7.98. The quantitative estimate of drug-likeness (QED) is 0.296. The van der Waals surface area contributed by atoms with Crippen molar-refractivity contribution in [3.8, 4) is 0 Å². The average molecular weight is 557 g/mol. The predicted molar refractivity (Wildman–Crippen MR) is 143 cm³/mol. The smallest absolute Gasteiger partial charge is 0.191 e. The number of halogens is 1. The van der Waals surface area contributed by atoms with Crippen LogP contribution in [-0.2, 0) is 19.5 Å². The highest BCUT2D eigenvalue weighted by molar-refractivity contribution is 14.0. The molecule has 8 heteroatoms. The topological polar surface area (TPSA) is 55.8 Å². The monoisotopic (exact) mass is 556 g/mol. The summed E-state index contributed by atoms with van der Waals surface area (Å²) in [5, 5.41) is 10.0.